The maximum Gasteiger partial charge on any atom is 0.416 e. The van der Waals surface area contributed by atoms with E-state index >= 15 is 0 Å². The van der Waals surface area contributed by atoms with E-state index in [1.54, 1.807) is 24.3 Å². The Kier molecular flexibility index (Phi) is 4.78. The summed E-state index contributed by atoms with van der Waals surface area (Å²) in [4.78, 5) is 12.0. The zero-order valence-electron chi connectivity index (χ0n) is 13.2. The van der Waals surface area contributed by atoms with Gasteiger partial charge >= 0.3 is 6.18 Å². The number of carbonyl (C=O) groups is 1. The Morgan fingerprint density at radius 1 is 1.12 bits per heavy atom. The van der Waals surface area contributed by atoms with Crippen LogP contribution < -0.4 is 5.32 Å². The number of hydrogen-bond donors (Lipinski definition) is 1. The molecular formula is C17H12F3N5O. The lowest BCUT2D eigenvalue weighted by molar-refractivity contribution is -0.137. The number of nitrogens with zero attached hydrogens (tertiary/aromatic N) is 4. The van der Waals surface area contributed by atoms with Gasteiger partial charge in [0.25, 0.3) is 0 Å². The van der Waals surface area contributed by atoms with Crippen LogP contribution in [0.15, 0.2) is 60.9 Å². The molecule has 0 atom stereocenters. The van der Waals surface area contributed by atoms with Gasteiger partial charge in [0.1, 0.15) is 6.33 Å². The number of carbonyl (C=O) groups excluding carboxylic acids is 1. The Hall–Kier alpha value is -3.49. The number of hydrogen-bond acceptors (Lipinski definition) is 4. The first kappa shape index (κ1) is 17.3. The summed E-state index contributed by atoms with van der Waals surface area (Å²) in [6.07, 6.45) is -0.289. The molecule has 0 aliphatic rings. The Labute approximate surface area is 146 Å². The second-order valence-corrected chi connectivity index (χ2v) is 5.25. The van der Waals surface area contributed by atoms with Crippen molar-refractivity contribution in [2.75, 3.05) is 5.32 Å². The van der Waals surface area contributed by atoms with E-state index in [2.05, 4.69) is 20.8 Å². The third-order valence-corrected chi connectivity index (χ3v) is 3.39. The maximum atomic E-state index is 12.5. The van der Waals surface area contributed by atoms with E-state index in [1.807, 2.05) is 0 Å². The van der Waals surface area contributed by atoms with Gasteiger partial charge in [0.2, 0.25) is 5.91 Å². The van der Waals surface area contributed by atoms with Gasteiger partial charge in [0.05, 0.1) is 11.3 Å². The molecule has 1 N–H and O–H groups in total. The van der Waals surface area contributed by atoms with Crippen LogP contribution in [0.1, 0.15) is 11.1 Å². The van der Waals surface area contributed by atoms with Crippen LogP contribution in [-0.2, 0) is 11.0 Å². The van der Waals surface area contributed by atoms with Crippen LogP contribution in [0.5, 0.6) is 0 Å². The number of aromatic nitrogens is 4. The number of halogens is 3. The molecule has 0 radical (unpaired) electrons. The van der Waals surface area contributed by atoms with Gasteiger partial charge in [0, 0.05) is 11.8 Å². The van der Waals surface area contributed by atoms with E-state index in [4.69, 9.17) is 0 Å². The summed E-state index contributed by atoms with van der Waals surface area (Å²) < 4.78 is 39.0. The van der Waals surface area contributed by atoms with E-state index in [0.29, 0.717) is 16.9 Å². The van der Waals surface area contributed by atoms with Crippen molar-refractivity contribution in [1.29, 1.82) is 0 Å². The molecule has 0 unspecified atom stereocenters. The minimum absolute atomic E-state index is 0.418. The first-order valence-corrected chi connectivity index (χ1v) is 7.41. The number of nitrogens with one attached hydrogen (secondary N) is 1. The highest BCUT2D eigenvalue weighted by molar-refractivity contribution is 6.02. The van der Waals surface area contributed by atoms with E-state index in [-0.39, 0.29) is 0 Å². The van der Waals surface area contributed by atoms with Gasteiger partial charge < -0.3 is 5.32 Å². The summed E-state index contributed by atoms with van der Waals surface area (Å²) in [6.45, 7) is 0. The topological polar surface area (TPSA) is 72.7 Å². The van der Waals surface area contributed by atoms with Crippen LogP contribution in [0, 0.1) is 0 Å². The minimum Gasteiger partial charge on any atom is -0.322 e. The molecular weight excluding hydrogens is 347 g/mol. The minimum atomic E-state index is -4.38. The Morgan fingerprint density at radius 3 is 2.54 bits per heavy atom. The Bertz CT molecular complexity index is 918. The van der Waals surface area contributed by atoms with Crippen LogP contribution in [0.25, 0.3) is 11.8 Å². The Morgan fingerprint density at radius 2 is 1.88 bits per heavy atom. The van der Waals surface area contributed by atoms with E-state index in [0.717, 1.165) is 12.1 Å². The van der Waals surface area contributed by atoms with Crippen molar-refractivity contribution in [3.05, 3.63) is 72.1 Å². The quantitative estimate of drug-likeness (QED) is 0.725. The van der Waals surface area contributed by atoms with Crippen LogP contribution in [0.3, 0.4) is 0 Å². The van der Waals surface area contributed by atoms with Gasteiger partial charge in [-0.25, -0.2) is 4.68 Å². The number of anilines is 1. The van der Waals surface area contributed by atoms with Crippen molar-refractivity contribution in [3.8, 4) is 5.69 Å². The summed E-state index contributed by atoms with van der Waals surface area (Å²) in [5.41, 5.74) is 0.939. The number of alkyl halides is 3. The molecule has 26 heavy (non-hydrogen) atoms. The number of rotatable bonds is 4. The smallest absolute Gasteiger partial charge is 0.322 e. The lowest BCUT2D eigenvalue weighted by Crippen LogP contribution is -2.08. The van der Waals surface area contributed by atoms with Crippen molar-refractivity contribution < 1.29 is 18.0 Å². The van der Waals surface area contributed by atoms with E-state index in [9.17, 15) is 18.0 Å². The molecule has 0 aliphatic carbocycles. The average Bonchev–Trinajstić information content (AvgIpc) is 3.14. The average molecular weight is 359 g/mol. The summed E-state index contributed by atoms with van der Waals surface area (Å²) in [5.74, 6) is -0.418. The molecule has 0 bridgehead atoms. The molecule has 1 aromatic heterocycles. The molecule has 0 aliphatic heterocycles. The third kappa shape index (κ3) is 4.32. The zero-order chi connectivity index (χ0) is 18.6. The monoisotopic (exact) mass is 359 g/mol. The van der Waals surface area contributed by atoms with Crippen LogP contribution in [0.4, 0.5) is 18.9 Å². The fourth-order valence-electron chi connectivity index (χ4n) is 2.14. The molecule has 0 saturated heterocycles. The van der Waals surface area contributed by atoms with Gasteiger partial charge in [-0.1, -0.05) is 18.2 Å². The van der Waals surface area contributed by atoms with Crippen LogP contribution >= 0.6 is 0 Å². The number of tetrazole rings is 1. The summed E-state index contributed by atoms with van der Waals surface area (Å²) in [6, 6.07) is 11.4. The molecule has 6 nitrogen and oxygen atoms in total. The lowest BCUT2D eigenvalue weighted by Gasteiger charge is -2.06. The largest absolute Gasteiger partial charge is 0.416 e. The molecule has 1 heterocycles. The van der Waals surface area contributed by atoms with Crippen LogP contribution in [-0.4, -0.2) is 26.1 Å². The van der Waals surface area contributed by atoms with Crippen molar-refractivity contribution in [1.82, 2.24) is 20.2 Å². The predicted octanol–water partition coefficient (Wildman–Crippen LogP) is 3.33. The molecule has 132 valence electrons. The molecule has 2 aromatic carbocycles. The highest BCUT2D eigenvalue weighted by Crippen LogP contribution is 2.29. The van der Waals surface area contributed by atoms with Crippen LogP contribution in [0.2, 0.25) is 0 Å². The fourth-order valence-corrected chi connectivity index (χ4v) is 2.14. The zero-order valence-corrected chi connectivity index (χ0v) is 13.2. The molecule has 3 aromatic rings. The fraction of sp³-hybridized carbons (Fsp3) is 0.0588. The van der Waals surface area contributed by atoms with Gasteiger partial charge in [-0.15, -0.1) is 5.10 Å². The second kappa shape index (κ2) is 7.18. The van der Waals surface area contributed by atoms with Gasteiger partial charge in [-0.05, 0) is 52.4 Å². The Balaban J connectivity index is 1.65. The molecule has 0 spiro atoms. The van der Waals surface area contributed by atoms with E-state index < -0.39 is 17.6 Å². The highest BCUT2D eigenvalue weighted by atomic mass is 19.4. The van der Waals surface area contributed by atoms with Crippen molar-refractivity contribution >= 4 is 17.7 Å². The number of amides is 1. The molecule has 1 amide bonds. The first-order valence-electron chi connectivity index (χ1n) is 7.41. The second-order valence-electron chi connectivity index (χ2n) is 5.25. The summed E-state index contributed by atoms with van der Waals surface area (Å²) >= 11 is 0. The van der Waals surface area contributed by atoms with Gasteiger partial charge in [0.15, 0.2) is 0 Å². The summed E-state index contributed by atoms with van der Waals surface area (Å²) in [7, 11) is 0. The first-order chi connectivity index (χ1) is 12.4. The van der Waals surface area contributed by atoms with Crippen molar-refractivity contribution in [2.45, 2.75) is 6.18 Å². The molecule has 9 heteroatoms. The molecule has 3 rings (SSSR count). The van der Waals surface area contributed by atoms with Gasteiger partial charge in [-0.3, -0.25) is 4.79 Å². The van der Waals surface area contributed by atoms with Gasteiger partial charge in [-0.2, -0.15) is 13.2 Å². The predicted molar refractivity (Wildman–Crippen MR) is 88.3 cm³/mol. The normalized spacial score (nSPS) is 11.7. The molecule has 0 fully saturated rings. The summed E-state index contributed by atoms with van der Waals surface area (Å²) in [5, 5.41) is 13.5. The van der Waals surface area contributed by atoms with Crippen molar-refractivity contribution in [2.24, 2.45) is 0 Å². The standard InChI is InChI=1S/C17H12F3N5O/c18-17(19,20)13-7-4-12(5-8-13)6-9-16(26)22-14-2-1-3-15(10-14)25-11-21-23-24-25/h1-11H,(H,22,26). The van der Waals surface area contributed by atoms with Crippen molar-refractivity contribution in [3.63, 3.8) is 0 Å². The highest BCUT2D eigenvalue weighted by Gasteiger charge is 2.29. The maximum absolute atomic E-state index is 12.5. The molecule has 0 saturated carbocycles. The van der Waals surface area contributed by atoms with E-state index in [1.165, 1.54) is 35.3 Å². The third-order valence-electron chi connectivity index (χ3n) is 3.39. The lowest BCUT2D eigenvalue weighted by atomic mass is 10.1. The SMILES string of the molecule is O=C(C=Cc1ccc(C(F)(F)F)cc1)Nc1cccc(-n2cnnn2)c1. The number of benzene rings is 2.